The van der Waals surface area contributed by atoms with Crippen molar-refractivity contribution in [2.45, 2.75) is 32.7 Å². The summed E-state index contributed by atoms with van der Waals surface area (Å²) in [6, 6.07) is 15.0. The quantitative estimate of drug-likeness (QED) is 0.488. The van der Waals surface area contributed by atoms with Gasteiger partial charge < -0.3 is 10.1 Å². The Labute approximate surface area is 180 Å². The van der Waals surface area contributed by atoms with Crippen LogP contribution in [0.4, 0.5) is 0 Å². The van der Waals surface area contributed by atoms with E-state index in [0.29, 0.717) is 16.7 Å². The van der Waals surface area contributed by atoms with Gasteiger partial charge in [0.1, 0.15) is 6.04 Å². The van der Waals surface area contributed by atoms with E-state index in [0.717, 1.165) is 11.8 Å². The van der Waals surface area contributed by atoms with Crippen molar-refractivity contribution in [1.82, 2.24) is 5.32 Å². The molecule has 2 rings (SSSR count). The Balaban J connectivity index is 2.07. The monoisotopic (exact) mass is 427 g/mol. The molecule has 0 aliphatic carbocycles. The number of carbonyl (C=O) groups is 4. The van der Waals surface area contributed by atoms with Gasteiger partial charge in [-0.3, -0.25) is 14.4 Å². The van der Waals surface area contributed by atoms with Crippen molar-refractivity contribution < 1.29 is 23.9 Å². The maximum absolute atomic E-state index is 12.7. The predicted octanol–water partition coefficient (Wildman–Crippen LogP) is 3.35. The van der Waals surface area contributed by atoms with Crippen LogP contribution in [0.15, 0.2) is 54.6 Å². The molecule has 158 valence electrons. The number of ketones is 1. The molecular weight excluding hydrogens is 402 g/mol. The third kappa shape index (κ3) is 6.56. The van der Waals surface area contributed by atoms with Crippen molar-refractivity contribution in [3.05, 3.63) is 71.3 Å². The fourth-order valence-electron chi connectivity index (χ4n) is 2.79. The minimum Gasteiger partial charge on any atom is -0.464 e. The maximum atomic E-state index is 12.7. The highest BCUT2D eigenvalue weighted by atomic mass is 32.2. The zero-order chi connectivity index (χ0) is 22.1. The standard InChI is InChI=1S/C23H25NO5S/c1-4-29-22(27)20(24-16(3)25)14-30-23(28)15(2)18-11-8-12-19(13-18)21(26)17-9-6-5-7-10-17/h5-13,15,20H,4,14H2,1-3H3,(H,24,25)/t15-,20-/m1/s1. The molecule has 1 amide bonds. The second-order valence-electron chi connectivity index (χ2n) is 6.68. The normalized spacial score (nSPS) is 12.5. The molecule has 0 heterocycles. The molecule has 6 nitrogen and oxygen atoms in total. The van der Waals surface area contributed by atoms with Gasteiger partial charge in [0.15, 0.2) is 10.9 Å². The summed E-state index contributed by atoms with van der Waals surface area (Å²) >= 11 is 0.955. The summed E-state index contributed by atoms with van der Waals surface area (Å²) in [6.45, 7) is 4.91. The van der Waals surface area contributed by atoms with E-state index in [4.69, 9.17) is 4.74 Å². The van der Waals surface area contributed by atoms with Crippen molar-refractivity contribution in [3.63, 3.8) is 0 Å². The highest BCUT2D eigenvalue weighted by Gasteiger charge is 2.24. The molecule has 7 heteroatoms. The van der Waals surface area contributed by atoms with Crippen molar-refractivity contribution in [3.8, 4) is 0 Å². The van der Waals surface area contributed by atoms with E-state index in [1.165, 1.54) is 6.92 Å². The highest BCUT2D eigenvalue weighted by molar-refractivity contribution is 8.13. The van der Waals surface area contributed by atoms with Crippen molar-refractivity contribution in [2.75, 3.05) is 12.4 Å². The molecule has 0 aliphatic rings. The molecule has 0 bridgehead atoms. The molecule has 0 unspecified atom stereocenters. The first-order valence-corrected chi connectivity index (χ1v) is 10.6. The predicted molar refractivity (Wildman–Crippen MR) is 116 cm³/mol. The van der Waals surface area contributed by atoms with E-state index in [9.17, 15) is 19.2 Å². The number of carbonyl (C=O) groups excluding carboxylic acids is 4. The number of ether oxygens (including phenoxy) is 1. The number of amides is 1. The molecule has 2 aromatic rings. The van der Waals surface area contributed by atoms with Crippen LogP contribution in [0.1, 0.15) is 48.2 Å². The van der Waals surface area contributed by atoms with Crippen LogP contribution in [0.5, 0.6) is 0 Å². The van der Waals surface area contributed by atoms with Crippen LogP contribution in [0.3, 0.4) is 0 Å². The van der Waals surface area contributed by atoms with Gasteiger partial charge in [-0.15, -0.1) is 0 Å². The molecule has 0 aliphatic heterocycles. The Kier molecular flexibility index (Phi) is 8.80. The first-order valence-electron chi connectivity index (χ1n) is 9.63. The zero-order valence-corrected chi connectivity index (χ0v) is 18.0. The van der Waals surface area contributed by atoms with Crippen molar-refractivity contribution in [2.24, 2.45) is 0 Å². The summed E-state index contributed by atoms with van der Waals surface area (Å²) in [5.41, 5.74) is 1.79. The average Bonchev–Trinajstić information content (AvgIpc) is 2.75. The number of rotatable bonds is 9. The van der Waals surface area contributed by atoms with E-state index >= 15 is 0 Å². The fraction of sp³-hybridized carbons (Fsp3) is 0.304. The molecule has 0 saturated heterocycles. The molecule has 2 aromatic carbocycles. The van der Waals surface area contributed by atoms with Crippen molar-refractivity contribution in [1.29, 1.82) is 0 Å². The molecular formula is C23H25NO5S. The molecule has 0 spiro atoms. The summed E-state index contributed by atoms with van der Waals surface area (Å²) < 4.78 is 4.95. The van der Waals surface area contributed by atoms with Gasteiger partial charge in [-0.2, -0.15) is 0 Å². The summed E-state index contributed by atoms with van der Waals surface area (Å²) in [5.74, 6) is -1.47. The molecule has 0 fully saturated rings. The number of esters is 1. The Bertz CT molecular complexity index is 913. The van der Waals surface area contributed by atoms with E-state index in [1.54, 1.807) is 62.4 Å². The van der Waals surface area contributed by atoms with Gasteiger partial charge in [-0.1, -0.05) is 67.2 Å². The molecule has 30 heavy (non-hydrogen) atoms. The van der Waals surface area contributed by atoms with Gasteiger partial charge in [-0.05, 0) is 18.6 Å². The lowest BCUT2D eigenvalue weighted by Gasteiger charge is -2.17. The Morgan fingerprint density at radius 1 is 1.00 bits per heavy atom. The second kappa shape index (κ2) is 11.3. The number of hydrogen-bond donors (Lipinski definition) is 1. The number of thioether (sulfide) groups is 1. The number of hydrogen-bond acceptors (Lipinski definition) is 6. The summed E-state index contributed by atoms with van der Waals surface area (Å²) in [5, 5.41) is 2.34. The summed E-state index contributed by atoms with van der Waals surface area (Å²) in [4.78, 5) is 48.7. The minimum absolute atomic E-state index is 0.0736. The highest BCUT2D eigenvalue weighted by Crippen LogP contribution is 2.24. The summed E-state index contributed by atoms with van der Waals surface area (Å²) in [6.07, 6.45) is 0. The SMILES string of the molecule is CCOC(=O)[C@@H](CSC(=O)[C@H](C)c1cccc(C(=O)c2ccccc2)c1)NC(C)=O. The topological polar surface area (TPSA) is 89.5 Å². The molecule has 1 N–H and O–H groups in total. The molecule has 0 saturated carbocycles. The zero-order valence-electron chi connectivity index (χ0n) is 17.2. The average molecular weight is 428 g/mol. The van der Waals surface area contributed by atoms with E-state index in [2.05, 4.69) is 5.32 Å². The van der Waals surface area contributed by atoms with Crippen LogP contribution >= 0.6 is 11.8 Å². The Hall–Kier alpha value is -2.93. The first-order chi connectivity index (χ1) is 14.3. The van der Waals surface area contributed by atoms with Crippen LogP contribution < -0.4 is 5.32 Å². The molecule has 0 aromatic heterocycles. The fourth-order valence-corrected chi connectivity index (χ4v) is 3.73. The minimum atomic E-state index is -0.894. The third-order valence-electron chi connectivity index (χ3n) is 4.38. The lowest BCUT2D eigenvalue weighted by molar-refractivity contribution is -0.146. The lowest BCUT2D eigenvalue weighted by atomic mass is 9.96. The van der Waals surface area contributed by atoms with Gasteiger partial charge in [0.2, 0.25) is 5.91 Å². The van der Waals surface area contributed by atoms with Gasteiger partial charge in [-0.25, -0.2) is 4.79 Å². The van der Waals surface area contributed by atoms with Crippen LogP contribution in [-0.2, 0) is 19.1 Å². The van der Waals surface area contributed by atoms with Gasteiger partial charge >= 0.3 is 5.97 Å². The van der Waals surface area contributed by atoms with E-state index in [1.807, 2.05) is 6.07 Å². The van der Waals surface area contributed by atoms with Crippen LogP contribution in [-0.4, -0.2) is 41.2 Å². The van der Waals surface area contributed by atoms with E-state index < -0.39 is 17.9 Å². The Morgan fingerprint density at radius 2 is 1.67 bits per heavy atom. The van der Waals surface area contributed by atoms with Crippen LogP contribution in [0.25, 0.3) is 0 Å². The third-order valence-corrected chi connectivity index (χ3v) is 5.52. The molecule has 0 radical (unpaired) electrons. The largest absolute Gasteiger partial charge is 0.464 e. The van der Waals surface area contributed by atoms with Crippen molar-refractivity contribution >= 4 is 34.5 Å². The smallest absolute Gasteiger partial charge is 0.329 e. The van der Waals surface area contributed by atoms with Gasteiger partial charge in [0, 0.05) is 23.8 Å². The van der Waals surface area contributed by atoms with Crippen LogP contribution in [0, 0.1) is 0 Å². The summed E-state index contributed by atoms with van der Waals surface area (Å²) in [7, 11) is 0. The maximum Gasteiger partial charge on any atom is 0.329 e. The van der Waals surface area contributed by atoms with Gasteiger partial charge in [0.25, 0.3) is 0 Å². The second-order valence-corrected chi connectivity index (χ2v) is 7.70. The number of benzene rings is 2. The lowest BCUT2D eigenvalue weighted by Crippen LogP contribution is -2.43. The molecule has 2 atom stereocenters. The van der Waals surface area contributed by atoms with Crippen LogP contribution in [0.2, 0.25) is 0 Å². The first kappa shape index (κ1) is 23.3. The number of nitrogens with one attached hydrogen (secondary N) is 1. The van der Waals surface area contributed by atoms with Gasteiger partial charge in [0.05, 0.1) is 12.5 Å². The Morgan fingerprint density at radius 3 is 2.30 bits per heavy atom. The van der Waals surface area contributed by atoms with E-state index in [-0.39, 0.29) is 29.2 Å².